The molecule has 1 atom stereocenters. The van der Waals surface area contributed by atoms with Gasteiger partial charge in [-0.3, -0.25) is 4.79 Å². The van der Waals surface area contributed by atoms with Crippen molar-refractivity contribution in [3.8, 4) is 0 Å². The van der Waals surface area contributed by atoms with E-state index < -0.39 is 33.9 Å². The maximum Gasteiger partial charge on any atom is 0.343 e. The van der Waals surface area contributed by atoms with E-state index >= 15 is 0 Å². The van der Waals surface area contributed by atoms with Gasteiger partial charge in [0.05, 0.1) is 23.6 Å². The molecule has 0 spiro atoms. The first-order chi connectivity index (χ1) is 10.7. The Morgan fingerprint density at radius 3 is 2.65 bits per heavy atom. The van der Waals surface area contributed by atoms with Gasteiger partial charge < -0.3 is 10.0 Å². The van der Waals surface area contributed by atoms with E-state index in [2.05, 4.69) is 0 Å². The molecule has 1 aromatic rings. The summed E-state index contributed by atoms with van der Waals surface area (Å²) in [6, 6.07) is 6.04. The Morgan fingerprint density at radius 2 is 2.09 bits per heavy atom. The quantitative estimate of drug-likeness (QED) is 0.863. The topological polar surface area (TPSA) is 91.8 Å². The van der Waals surface area contributed by atoms with E-state index in [4.69, 9.17) is 5.11 Å². The molecule has 23 heavy (non-hydrogen) atoms. The Hall–Kier alpha value is -1.96. The normalized spacial score (nSPS) is 21.4. The Morgan fingerprint density at radius 1 is 1.39 bits per heavy atom. The number of amides is 1. The Balaban J connectivity index is 2.10. The SMILES string of the molecule is CCS(=O)(=O)c1cccc(CC(=O)N2CCC(F)(C(=O)O)C2)c1. The lowest BCUT2D eigenvalue weighted by Crippen LogP contribution is -2.39. The second kappa shape index (κ2) is 6.27. The minimum absolute atomic E-state index is 0.0363. The van der Waals surface area contributed by atoms with Crippen molar-refractivity contribution in [3.05, 3.63) is 29.8 Å². The first-order valence-electron chi connectivity index (χ1n) is 7.20. The van der Waals surface area contributed by atoms with E-state index in [1.54, 1.807) is 12.1 Å². The number of hydrogen-bond acceptors (Lipinski definition) is 4. The summed E-state index contributed by atoms with van der Waals surface area (Å²) in [5.41, 5.74) is -1.90. The maximum absolute atomic E-state index is 14.0. The number of hydrogen-bond donors (Lipinski definition) is 1. The molecule has 1 aromatic carbocycles. The summed E-state index contributed by atoms with van der Waals surface area (Å²) in [4.78, 5) is 24.3. The zero-order chi connectivity index (χ0) is 17.3. The molecule has 1 amide bonds. The van der Waals surface area contributed by atoms with Gasteiger partial charge in [-0.05, 0) is 17.7 Å². The summed E-state index contributed by atoms with van der Waals surface area (Å²) in [6.07, 6.45) is -0.332. The van der Waals surface area contributed by atoms with Crippen molar-refractivity contribution in [3.63, 3.8) is 0 Å². The molecule has 126 valence electrons. The lowest BCUT2D eigenvalue weighted by atomic mass is 10.1. The van der Waals surface area contributed by atoms with Crippen LogP contribution >= 0.6 is 0 Å². The second-order valence-corrected chi connectivity index (χ2v) is 7.84. The van der Waals surface area contributed by atoms with Crippen molar-refractivity contribution >= 4 is 21.7 Å². The molecular weight excluding hydrogens is 325 g/mol. The van der Waals surface area contributed by atoms with Crippen LogP contribution in [-0.4, -0.2) is 54.8 Å². The molecule has 0 aliphatic carbocycles. The van der Waals surface area contributed by atoms with Crippen molar-refractivity contribution in [1.82, 2.24) is 4.90 Å². The molecule has 1 N–H and O–H groups in total. The molecule has 2 rings (SSSR count). The Kier molecular flexibility index (Phi) is 4.74. The number of carboxylic acids is 1. The van der Waals surface area contributed by atoms with Gasteiger partial charge >= 0.3 is 5.97 Å². The van der Waals surface area contributed by atoms with Crippen LogP contribution in [0.3, 0.4) is 0 Å². The van der Waals surface area contributed by atoms with Crippen LogP contribution in [0.4, 0.5) is 4.39 Å². The molecule has 0 aromatic heterocycles. The summed E-state index contributed by atoms with van der Waals surface area (Å²) in [5, 5.41) is 8.84. The van der Waals surface area contributed by atoms with Crippen molar-refractivity contribution in [2.75, 3.05) is 18.8 Å². The highest BCUT2D eigenvalue weighted by atomic mass is 32.2. The summed E-state index contributed by atoms with van der Waals surface area (Å²) >= 11 is 0. The number of carbonyl (C=O) groups excluding carboxylic acids is 1. The van der Waals surface area contributed by atoms with Gasteiger partial charge in [-0.1, -0.05) is 19.1 Å². The number of aliphatic carboxylic acids is 1. The van der Waals surface area contributed by atoms with Crippen LogP contribution in [0.15, 0.2) is 29.2 Å². The Bertz CT molecular complexity index is 733. The van der Waals surface area contributed by atoms with Gasteiger partial charge in [-0.15, -0.1) is 0 Å². The average molecular weight is 343 g/mol. The summed E-state index contributed by atoms with van der Waals surface area (Å²) in [6.45, 7) is 1.09. The molecule has 0 saturated carbocycles. The molecule has 0 bridgehead atoms. The third-order valence-electron chi connectivity index (χ3n) is 3.95. The standard InChI is InChI=1S/C15H18FNO5S/c1-2-23(21,22)12-5-3-4-11(8-12)9-13(18)17-7-6-15(16,10-17)14(19)20/h3-5,8H,2,6-7,9-10H2,1H3,(H,19,20). The molecule has 6 nitrogen and oxygen atoms in total. The second-order valence-electron chi connectivity index (χ2n) is 5.56. The van der Waals surface area contributed by atoms with Crippen LogP contribution in [0, 0.1) is 0 Å². The third kappa shape index (κ3) is 3.69. The van der Waals surface area contributed by atoms with Crippen molar-refractivity contribution in [2.45, 2.75) is 30.3 Å². The van der Waals surface area contributed by atoms with E-state index in [-0.39, 0.29) is 30.0 Å². The largest absolute Gasteiger partial charge is 0.479 e. The van der Waals surface area contributed by atoms with Crippen molar-refractivity contribution < 1.29 is 27.5 Å². The van der Waals surface area contributed by atoms with Gasteiger partial charge in [-0.2, -0.15) is 0 Å². The number of carbonyl (C=O) groups is 2. The van der Waals surface area contributed by atoms with E-state index in [1.165, 1.54) is 19.1 Å². The molecule has 1 fully saturated rings. The van der Waals surface area contributed by atoms with Crippen molar-refractivity contribution in [1.29, 1.82) is 0 Å². The van der Waals surface area contributed by atoms with Gasteiger partial charge in [0.25, 0.3) is 0 Å². The van der Waals surface area contributed by atoms with E-state index in [0.717, 1.165) is 4.90 Å². The van der Waals surface area contributed by atoms with Crippen LogP contribution in [0.1, 0.15) is 18.9 Å². The van der Waals surface area contributed by atoms with Crippen LogP contribution < -0.4 is 0 Å². The summed E-state index contributed by atoms with van der Waals surface area (Å²) in [7, 11) is -3.37. The summed E-state index contributed by atoms with van der Waals surface area (Å²) < 4.78 is 37.7. The molecular formula is C15H18FNO5S. The average Bonchev–Trinajstić information content (AvgIpc) is 2.92. The highest BCUT2D eigenvalue weighted by Gasteiger charge is 2.46. The molecule has 1 aliphatic rings. The first-order valence-corrected chi connectivity index (χ1v) is 8.85. The number of carboxylic acid groups (broad SMARTS) is 1. The monoisotopic (exact) mass is 343 g/mol. The van der Waals surface area contributed by atoms with Crippen LogP contribution in [-0.2, 0) is 25.8 Å². The highest BCUT2D eigenvalue weighted by Crippen LogP contribution is 2.26. The smallest absolute Gasteiger partial charge is 0.343 e. The number of alkyl halides is 1. The van der Waals surface area contributed by atoms with Crippen LogP contribution in [0.2, 0.25) is 0 Å². The fraction of sp³-hybridized carbons (Fsp3) is 0.467. The fourth-order valence-electron chi connectivity index (χ4n) is 2.46. The number of rotatable bonds is 5. The zero-order valence-corrected chi connectivity index (χ0v) is 13.5. The van der Waals surface area contributed by atoms with E-state index in [1.807, 2.05) is 0 Å². The fourth-order valence-corrected chi connectivity index (χ4v) is 3.41. The van der Waals surface area contributed by atoms with Gasteiger partial charge in [0, 0.05) is 13.0 Å². The number of likely N-dealkylation sites (tertiary alicyclic amines) is 1. The van der Waals surface area contributed by atoms with Gasteiger partial charge in [0.15, 0.2) is 9.84 Å². The van der Waals surface area contributed by atoms with E-state index in [9.17, 15) is 22.4 Å². The van der Waals surface area contributed by atoms with Gasteiger partial charge in [-0.25, -0.2) is 17.6 Å². The van der Waals surface area contributed by atoms with Crippen LogP contribution in [0.25, 0.3) is 0 Å². The molecule has 0 radical (unpaired) electrons. The van der Waals surface area contributed by atoms with E-state index in [0.29, 0.717) is 5.56 Å². The zero-order valence-electron chi connectivity index (χ0n) is 12.7. The number of halogens is 1. The van der Waals surface area contributed by atoms with Crippen molar-refractivity contribution in [2.24, 2.45) is 0 Å². The molecule has 8 heteroatoms. The lowest BCUT2D eigenvalue weighted by Gasteiger charge is -2.18. The molecule has 1 heterocycles. The minimum atomic E-state index is -3.37. The predicted molar refractivity (Wildman–Crippen MR) is 80.5 cm³/mol. The number of sulfone groups is 1. The van der Waals surface area contributed by atoms with Gasteiger partial charge in [0.2, 0.25) is 11.6 Å². The van der Waals surface area contributed by atoms with Crippen LogP contribution in [0.5, 0.6) is 0 Å². The minimum Gasteiger partial charge on any atom is -0.479 e. The molecule has 1 aliphatic heterocycles. The molecule has 1 saturated heterocycles. The number of nitrogens with zero attached hydrogens (tertiary/aromatic N) is 1. The highest BCUT2D eigenvalue weighted by molar-refractivity contribution is 7.91. The predicted octanol–water partition coefficient (Wildman–Crippen LogP) is 1.05. The third-order valence-corrected chi connectivity index (χ3v) is 5.68. The summed E-state index contributed by atoms with van der Waals surface area (Å²) in [5.74, 6) is -2.03. The number of benzene rings is 1. The molecule has 1 unspecified atom stereocenters. The Labute approximate surface area is 133 Å². The first kappa shape index (κ1) is 17.4. The maximum atomic E-state index is 14.0. The lowest BCUT2D eigenvalue weighted by molar-refractivity contribution is -0.150. The van der Waals surface area contributed by atoms with Gasteiger partial charge in [0.1, 0.15) is 0 Å².